The van der Waals surface area contributed by atoms with Crippen LogP contribution < -0.4 is 0 Å². The van der Waals surface area contributed by atoms with Crippen LogP contribution in [0.2, 0.25) is 0 Å². The number of alkyl halides is 1. The maximum atomic E-state index is 11.6. The van der Waals surface area contributed by atoms with Gasteiger partial charge in [-0.05, 0) is 12.0 Å². The molecule has 3 nitrogen and oxygen atoms in total. The highest BCUT2D eigenvalue weighted by Crippen LogP contribution is 2.31. The Balaban J connectivity index is 1.76. The summed E-state index contributed by atoms with van der Waals surface area (Å²) in [6.07, 6.45) is 0.593. The summed E-state index contributed by atoms with van der Waals surface area (Å²) in [6.45, 7) is 3.51. The van der Waals surface area contributed by atoms with E-state index in [0.717, 1.165) is 12.0 Å². The van der Waals surface area contributed by atoms with Crippen LogP contribution in [0, 0.1) is 0 Å². The lowest BCUT2D eigenvalue weighted by atomic mass is 9.97. The van der Waals surface area contributed by atoms with Crippen LogP contribution in [0.1, 0.15) is 18.9 Å². The van der Waals surface area contributed by atoms with Crippen LogP contribution >= 0.6 is 11.6 Å². The zero-order chi connectivity index (χ0) is 12.3. The van der Waals surface area contributed by atoms with Crippen molar-refractivity contribution in [3.63, 3.8) is 0 Å². The Morgan fingerprint density at radius 2 is 2.06 bits per heavy atom. The molecule has 1 saturated heterocycles. The first-order valence-corrected chi connectivity index (χ1v) is 6.15. The number of amides is 1. The topological polar surface area (TPSA) is 29.5 Å². The smallest absolute Gasteiger partial charge is 0.410 e. The SMILES string of the molecule is CCC1(Cl)CN(C(=O)OCc2ccccc2)C1. The fourth-order valence-corrected chi connectivity index (χ4v) is 2.09. The fourth-order valence-electron chi connectivity index (χ4n) is 1.80. The minimum absolute atomic E-state index is 0.230. The van der Waals surface area contributed by atoms with Gasteiger partial charge in [0.05, 0.1) is 4.87 Å². The van der Waals surface area contributed by atoms with Gasteiger partial charge in [-0.15, -0.1) is 11.6 Å². The zero-order valence-electron chi connectivity index (χ0n) is 9.86. The third-order valence-corrected chi connectivity index (χ3v) is 3.55. The lowest BCUT2D eigenvalue weighted by molar-refractivity contribution is 0.0570. The van der Waals surface area contributed by atoms with E-state index in [0.29, 0.717) is 19.7 Å². The van der Waals surface area contributed by atoms with Gasteiger partial charge in [-0.2, -0.15) is 0 Å². The van der Waals surface area contributed by atoms with Gasteiger partial charge in [0.15, 0.2) is 0 Å². The molecule has 1 aromatic rings. The van der Waals surface area contributed by atoms with Gasteiger partial charge in [-0.1, -0.05) is 37.3 Å². The minimum Gasteiger partial charge on any atom is -0.445 e. The number of ether oxygens (including phenoxy) is 1. The second kappa shape index (κ2) is 4.96. The van der Waals surface area contributed by atoms with Gasteiger partial charge >= 0.3 is 6.09 Å². The van der Waals surface area contributed by atoms with E-state index in [1.165, 1.54) is 0 Å². The molecule has 1 aliphatic rings. The van der Waals surface area contributed by atoms with Crippen molar-refractivity contribution >= 4 is 17.7 Å². The number of hydrogen-bond donors (Lipinski definition) is 0. The molecule has 1 amide bonds. The van der Waals surface area contributed by atoms with Gasteiger partial charge in [-0.25, -0.2) is 4.79 Å². The second-order valence-electron chi connectivity index (χ2n) is 4.40. The predicted octanol–water partition coefficient (Wildman–Crippen LogP) is 3.03. The monoisotopic (exact) mass is 253 g/mol. The van der Waals surface area contributed by atoms with Crippen molar-refractivity contribution in [3.8, 4) is 0 Å². The summed E-state index contributed by atoms with van der Waals surface area (Å²) < 4.78 is 5.20. The van der Waals surface area contributed by atoms with E-state index in [4.69, 9.17) is 16.3 Å². The van der Waals surface area contributed by atoms with Crippen molar-refractivity contribution in [2.75, 3.05) is 13.1 Å². The van der Waals surface area contributed by atoms with Gasteiger partial charge < -0.3 is 9.64 Å². The number of benzene rings is 1. The van der Waals surface area contributed by atoms with Crippen LogP contribution in [-0.4, -0.2) is 29.0 Å². The highest BCUT2D eigenvalue weighted by Gasteiger charge is 2.42. The largest absolute Gasteiger partial charge is 0.445 e. The Kier molecular flexibility index (Phi) is 3.57. The highest BCUT2D eigenvalue weighted by atomic mass is 35.5. The van der Waals surface area contributed by atoms with E-state index in [9.17, 15) is 4.79 Å². The summed E-state index contributed by atoms with van der Waals surface area (Å²) in [5.74, 6) is 0. The Hall–Kier alpha value is -1.22. The summed E-state index contributed by atoms with van der Waals surface area (Å²) in [5, 5.41) is 0. The van der Waals surface area contributed by atoms with E-state index in [2.05, 4.69) is 0 Å². The van der Waals surface area contributed by atoms with Crippen molar-refractivity contribution in [1.29, 1.82) is 0 Å². The van der Waals surface area contributed by atoms with Crippen LogP contribution in [0.3, 0.4) is 0 Å². The van der Waals surface area contributed by atoms with Gasteiger partial charge in [0.25, 0.3) is 0 Å². The Morgan fingerprint density at radius 1 is 1.41 bits per heavy atom. The van der Waals surface area contributed by atoms with Crippen molar-refractivity contribution in [2.24, 2.45) is 0 Å². The first-order chi connectivity index (χ1) is 8.13. The van der Waals surface area contributed by atoms with Crippen LogP contribution in [0.25, 0.3) is 0 Å². The summed E-state index contributed by atoms with van der Waals surface area (Å²) in [7, 11) is 0. The molecule has 0 atom stereocenters. The van der Waals surface area contributed by atoms with Crippen molar-refractivity contribution in [2.45, 2.75) is 24.8 Å². The molecule has 0 aliphatic carbocycles. The molecule has 1 aromatic carbocycles. The van der Waals surface area contributed by atoms with Crippen molar-refractivity contribution in [3.05, 3.63) is 35.9 Å². The lowest BCUT2D eigenvalue weighted by Gasteiger charge is -2.44. The molecule has 0 unspecified atom stereocenters. The number of likely N-dealkylation sites (tertiary alicyclic amines) is 1. The van der Waals surface area contributed by atoms with E-state index in [-0.39, 0.29) is 11.0 Å². The van der Waals surface area contributed by atoms with Crippen LogP contribution in [0.15, 0.2) is 30.3 Å². The third-order valence-electron chi connectivity index (χ3n) is 3.05. The summed E-state index contributed by atoms with van der Waals surface area (Å²) in [6, 6.07) is 9.65. The standard InChI is InChI=1S/C13H16ClNO2/c1-2-13(14)9-15(10-13)12(16)17-8-11-6-4-3-5-7-11/h3-7H,2,8-10H2,1H3. The molecule has 92 valence electrons. The predicted molar refractivity (Wildman–Crippen MR) is 67.1 cm³/mol. The van der Waals surface area contributed by atoms with E-state index in [1.54, 1.807) is 4.90 Å². The molecule has 1 heterocycles. The van der Waals surface area contributed by atoms with Crippen molar-refractivity contribution in [1.82, 2.24) is 4.90 Å². The summed E-state index contributed by atoms with van der Waals surface area (Å²) >= 11 is 6.20. The molecule has 17 heavy (non-hydrogen) atoms. The molecule has 0 N–H and O–H groups in total. The number of nitrogens with zero attached hydrogens (tertiary/aromatic N) is 1. The molecule has 2 rings (SSSR count). The molecular formula is C13H16ClNO2. The number of carbonyl (C=O) groups excluding carboxylic acids is 1. The Morgan fingerprint density at radius 3 is 2.65 bits per heavy atom. The highest BCUT2D eigenvalue weighted by molar-refractivity contribution is 6.25. The van der Waals surface area contributed by atoms with Gasteiger partial charge in [0.1, 0.15) is 6.61 Å². The first kappa shape index (κ1) is 12.2. The molecular weight excluding hydrogens is 238 g/mol. The fraction of sp³-hybridized carbons (Fsp3) is 0.462. The Bertz CT molecular complexity index is 388. The number of rotatable bonds is 3. The summed E-state index contributed by atoms with van der Waals surface area (Å²) in [5.41, 5.74) is 0.994. The zero-order valence-corrected chi connectivity index (χ0v) is 10.6. The normalized spacial score (nSPS) is 17.4. The third kappa shape index (κ3) is 2.91. The van der Waals surface area contributed by atoms with E-state index >= 15 is 0 Å². The molecule has 0 saturated carbocycles. The maximum Gasteiger partial charge on any atom is 0.410 e. The second-order valence-corrected chi connectivity index (χ2v) is 5.20. The molecule has 4 heteroatoms. The summed E-state index contributed by atoms with van der Waals surface area (Å²) in [4.78, 5) is 13.1. The molecule has 0 bridgehead atoms. The first-order valence-electron chi connectivity index (χ1n) is 5.77. The lowest BCUT2D eigenvalue weighted by Crippen LogP contribution is -2.59. The number of hydrogen-bond acceptors (Lipinski definition) is 2. The minimum atomic E-state index is -0.279. The molecule has 1 aliphatic heterocycles. The number of halogens is 1. The average molecular weight is 254 g/mol. The van der Waals surface area contributed by atoms with Crippen LogP contribution in [0.5, 0.6) is 0 Å². The van der Waals surface area contributed by atoms with Crippen LogP contribution in [-0.2, 0) is 11.3 Å². The molecule has 1 fully saturated rings. The van der Waals surface area contributed by atoms with Crippen LogP contribution in [0.4, 0.5) is 4.79 Å². The average Bonchev–Trinajstić information content (AvgIpc) is 2.33. The molecule has 0 radical (unpaired) electrons. The van der Waals surface area contributed by atoms with E-state index < -0.39 is 0 Å². The van der Waals surface area contributed by atoms with Crippen molar-refractivity contribution < 1.29 is 9.53 Å². The van der Waals surface area contributed by atoms with Gasteiger partial charge in [0.2, 0.25) is 0 Å². The van der Waals surface area contributed by atoms with Gasteiger partial charge in [0, 0.05) is 13.1 Å². The molecule has 0 aromatic heterocycles. The number of carbonyl (C=O) groups is 1. The molecule has 0 spiro atoms. The maximum absolute atomic E-state index is 11.6. The van der Waals surface area contributed by atoms with Gasteiger partial charge in [-0.3, -0.25) is 0 Å². The quantitative estimate of drug-likeness (QED) is 0.775. The Labute approximate surface area is 106 Å². The van der Waals surface area contributed by atoms with E-state index in [1.807, 2.05) is 37.3 Å².